The van der Waals surface area contributed by atoms with Gasteiger partial charge in [-0.3, -0.25) is 0 Å². The Hall–Kier alpha value is -1.16. The van der Waals surface area contributed by atoms with E-state index in [1.807, 2.05) is 6.07 Å². The number of aromatic nitrogens is 2. The molecular weight excluding hydrogens is 200 g/mol. The number of anilines is 1. The van der Waals surface area contributed by atoms with E-state index in [-0.39, 0.29) is 0 Å². The van der Waals surface area contributed by atoms with Crippen LogP contribution in [0.25, 0.3) is 0 Å². The van der Waals surface area contributed by atoms with Crippen LogP contribution in [-0.2, 0) is 6.42 Å². The van der Waals surface area contributed by atoms with Crippen molar-refractivity contribution in [2.24, 2.45) is 0 Å². The molecule has 1 aliphatic rings. The second kappa shape index (κ2) is 5.25. The highest BCUT2D eigenvalue weighted by Gasteiger charge is 2.20. The number of rotatable bonds is 3. The predicted octanol–water partition coefficient (Wildman–Crippen LogP) is 1.59. The Kier molecular flexibility index (Phi) is 3.72. The molecule has 0 aliphatic carbocycles. The lowest BCUT2D eigenvalue weighted by Crippen LogP contribution is -2.46. The zero-order valence-electron chi connectivity index (χ0n) is 10.0. The van der Waals surface area contributed by atoms with Gasteiger partial charge < -0.3 is 10.6 Å². The van der Waals surface area contributed by atoms with E-state index in [1.54, 1.807) is 6.33 Å². The summed E-state index contributed by atoms with van der Waals surface area (Å²) in [4.78, 5) is 8.47. The minimum absolute atomic E-state index is 0.480. The van der Waals surface area contributed by atoms with Crippen molar-refractivity contribution in [2.75, 3.05) is 11.9 Å². The quantitative estimate of drug-likeness (QED) is 0.812. The molecule has 1 aromatic rings. The highest BCUT2D eigenvalue weighted by Crippen LogP contribution is 2.14. The van der Waals surface area contributed by atoms with Crippen LogP contribution in [0.4, 0.5) is 5.82 Å². The second-order valence-electron chi connectivity index (χ2n) is 4.38. The summed E-state index contributed by atoms with van der Waals surface area (Å²) in [5, 5.41) is 6.97. The summed E-state index contributed by atoms with van der Waals surface area (Å²) in [6, 6.07) is 3.03. The van der Waals surface area contributed by atoms with Gasteiger partial charge in [0.1, 0.15) is 12.1 Å². The molecule has 4 nitrogen and oxygen atoms in total. The fraction of sp³-hybridized carbons (Fsp3) is 0.667. The van der Waals surface area contributed by atoms with Crippen molar-refractivity contribution in [1.82, 2.24) is 15.3 Å². The van der Waals surface area contributed by atoms with Gasteiger partial charge in [-0.25, -0.2) is 9.97 Å². The Labute approximate surface area is 96.9 Å². The van der Waals surface area contributed by atoms with Crippen LogP contribution in [0, 0.1) is 0 Å². The number of hydrogen-bond acceptors (Lipinski definition) is 4. The lowest BCUT2D eigenvalue weighted by molar-refractivity contribution is 0.388. The first-order valence-electron chi connectivity index (χ1n) is 6.10. The largest absolute Gasteiger partial charge is 0.366 e. The molecule has 0 bridgehead atoms. The van der Waals surface area contributed by atoms with Gasteiger partial charge in [-0.1, -0.05) is 6.92 Å². The van der Waals surface area contributed by atoms with Gasteiger partial charge in [0.15, 0.2) is 0 Å². The zero-order chi connectivity index (χ0) is 11.4. The minimum atomic E-state index is 0.480. The minimum Gasteiger partial charge on any atom is -0.366 e. The fourth-order valence-electron chi connectivity index (χ4n) is 2.10. The van der Waals surface area contributed by atoms with Crippen LogP contribution < -0.4 is 10.6 Å². The van der Waals surface area contributed by atoms with E-state index in [9.17, 15) is 0 Å². The number of aryl methyl sites for hydroxylation is 1. The highest BCUT2D eigenvalue weighted by molar-refractivity contribution is 5.36. The standard InChI is InChI=1S/C12H20N4/c1-3-10-7-12(15-8-14-10)16-11-5-4-6-13-9(11)2/h7-9,11,13H,3-6H2,1-2H3,(H,14,15,16). The second-order valence-corrected chi connectivity index (χ2v) is 4.38. The van der Waals surface area contributed by atoms with Crippen molar-refractivity contribution in [2.45, 2.75) is 45.2 Å². The summed E-state index contributed by atoms with van der Waals surface area (Å²) in [7, 11) is 0. The zero-order valence-corrected chi connectivity index (χ0v) is 10.0. The van der Waals surface area contributed by atoms with Crippen molar-refractivity contribution >= 4 is 5.82 Å². The number of nitrogens with one attached hydrogen (secondary N) is 2. The van der Waals surface area contributed by atoms with E-state index >= 15 is 0 Å². The van der Waals surface area contributed by atoms with Crippen molar-refractivity contribution in [3.63, 3.8) is 0 Å². The maximum atomic E-state index is 4.27. The lowest BCUT2D eigenvalue weighted by Gasteiger charge is -2.31. The molecule has 0 radical (unpaired) electrons. The van der Waals surface area contributed by atoms with Gasteiger partial charge in [-0.2, -0.15) is 0 Å². The third-order valence-electron chi connectivity index (χ3n) is 3.18. The Morgan fingerprint density at radius 1 is 1.50 bits per heavy atom. The summed E-state index contributed by atoms with van der Waals surface area (Å²) >= 11 is 0. The van der Waals surface area contributed by atoms with Crippen LogP contribution in [-0.4, -0.2) is 28.6 Å². The molecule has 0 amide bonds. The first kappa shape index (κ1) is 11.3. The van der Waals surface area contributed by atoms with Crippen molar-refractivity contribution < 1.29 is 0 Å². The van der Waals surface area contributed by atoms with E-state index in [0.717, 1.165) is 24.5 Å². The molecule has 88 valence electrons. The van der Waals surface area contributed by atoms with Crippen LogP contribution in [0.3, 0.4) is 0 Å². The van der Waals surface area contributed by atoms with Crippen LogP contribution in [0.2, 0.25) is 0 Å². The molecule has 0 saturated carbocycles. The van der Waals surface area contributed by atoms with Gasteiger partial charge >= 0.3 is 0 Å². The Morgan fingerprint density at radius 3 is 3.12 bits per heavy atom. The molecule has 2 N–H and O–H groups in total. The molecule has 0 aromatic carbocycles. The molecular formula is C12H20N4. The first-order valence-corrected chi connectivity index (χ1v) is 6.10. The van der Waals surface area contributed by atoms with Crippen molar-refractivity contribution in [3.05, 3.63) is 18.1 Å². The maximum absolute atomic E-state index is 4.27. The summed E-state index contributed by atoms with van der Waals surface area (Å²) in [5.41, 5.74) is 1.09. The van der Waals surface area contributed by atoms with E-state index < -0.39 is 0 Å². The van der Waals surface area contributed by atoms with Gasteiger partial charge in [-0.15, -0.1) is 0 Å². The predicted molar refractivity (Wildman–Crippen MR) is 65.5 cm³/mol. The molecule has 1 aromatic heterocycles. The molecule has 1 fully saturated rings. The average molecular weight is 220 g/mol. The van der Waals surface area contributed by atoms with Crippen LogP contribution in [0.1, 0.15) is 32.4 Å². The molecule has 16 heavy (non-hydrogen) atoms. The fourth-order valence-corrected chi connectivity index (χ4v) is 2.10. The van der Waals surface area contributed by atoms with Crippen LogP contribution >= 0.6 is 0 Å². The topological polar surface area (TPSA) is 49.8 Å². The number of nitrogens with zero attached hydrogens (tertiary/aromatic N) is 2. The smallest absolute Gasteiger partial charge is 0.129 e. The van der Waals surface area contributed by atoms with Crippen LogP contribution in [0.15, 0.2) is 12.4 Å². The molecule has 2 rings (SSSR count). The summed E-state index contributed by atoms with van der Waals surface area (Å²) in [6.07, 6.45) is 5.03. The monoisotopic (exact) mass is 220 g/mol. The van der Waals surface area contributed by atoms with Gasteiger partial charge in [0.25, 0.3) is 0 Å². The molecule has 2 heterocycles. The third kappa shape index (κ3) is 2.70. The van der Waals surface area contributed by atoms with Gasteiger partial charge in [-0.05, 0) is 32.7 Å². The number of hydrogen-bond donors (Lipinski definition) is 2. The summed E-state index contributed by atoms with van der Waals surface area (Å²) in [5.74, 6) is 0.951. The van der Waals surface area contributed by atoms with Gasteiger partial charge in [0.05, 0.1) is 0 Å². The maximum Gasteiger partial charge on any atom is 0.129 e. The highest BCUT2D eigenvalue weighted by atomic mass is 15.1. The lowest BCUT2D eigenvalue weighted by atomic mass is 10.00. The first-order chi connectivity index (χ1) is 7.79. The van der Waals surface area contributed by atoms with Crippen molar-refractivity contribution in [1.29, 1.82) is 0 Å². The summed E-state index contributed by atoms with van der Waals surface area (Å²) in [6.45, 7) is 5.46. The normalized spacial score (nSPS) is 25.4. The van der Waals surface area contributed by atoms with Crippen molar-refractivity contribution in [3.8, 4) is 0 Å². The molecule has 0 spiro atoms. The van der Waals surface area contributed by atoms with E-state index in [1.165, 1.54) is 12.8 Å². The Morgan fingerprint density at radius 2 is 2.38 bits per heavy atom. The molecule has 4 heteroatoms. The van der Waals surface area contributed by atoms with Gasteiger partial charge in [0.2, 0.25) is 0 Å². The molecule has 1 saturated heterocycles. The average Bonchev–Trinajstić information content (AvgIpc) is 2.32. The van der Waals surface area contributed by atoms with Gasteiger partial charge in [0, 0.05) is 23.8 Å². The van der Waals surface area contributed by atoms with Crippen LogP contribution in [0.5, 0.6) is 0 Å². The molecule has 2 unspecified atom stereocenters. The SMILES string of the molecule is CCc1cc(NC2CCCNC2C)ncn1. The van der Waals surface area contributed by atoms with E-state index in [2.05, 4.69) is 34.4 Å². The van der Waals surface area contributed by atoms with E-state index in [0.29, 0.717) is 12.1 Å². The van der Waals surface area contributed by atoms with E-state index in [4.69, 9.17) is 0 Å². The molecule has 1 aliphatic heterocycles. The number of piperidine rings is 1. The third-order valence-corrected chi connectivity index (χ3v) is 3.18. The summed E-state index contributed by atoms with van der Waals surface area (Å²) < 4.78 is 0. The Bertz CT molecular complexity index is 340. The Balaban J connectivity index is 2.01. The molecule has 2 atom stereocenters.